The van der Waals surface area contributed by atoms with Crippen LogP contribution >= 0.6 is 15.9 Å². The summed E-state index contributed by atoms with van der Waals surface area (Å²) in [5, 5.41) is 0. The Morgan fingerprint density at radius 3 is 2.27 bits per heavy atom. The van der Waals surface area contributed by atoms with E-state index < -0.39 is 37.8 Å². The van der Waals surface area contributed by atoms with Crippen molar-refractivity contribution >= 4 is 41.3 Å². The number of piperidine rings is 1. The predicted molar refractivity (Wildman–Crippen MR) is 112 cm³/mol. The van der Waals surface area contributed by atoms with Crippen LogP contribution in [0.2, 0.25) is 4.82 Å². The zero-order valence-electron chi connectivity index (χ0n) is 16.4. The van der Waals surface area contributed by atoms with Crippen molar-refractivity contribution in [3.05, 3.63) is 52.5 Å². The second-order valence-electron chi connectivity index (χ2n) is 6.86. The van der Waals surface area contributed by atoms with E-state index in [4.69, 9.17) is 9.47 Å². The number of halogens is 4. The molecular formula is C21H21BrF3NO3Se. The van der Waals surface area contributed by atoms with Gasteiger partial charge in [0.25, 0.3) is 0 Å². The Bertz CT molecular complexity index is 870. The van der Waals surface area contributed by atoms with E-state index in [9.17, 15) is 18.0 Å². The molecule has 0 aliphatic carbocycles. The average Bonchev–Trinajstić information content (AvgIpc) is 2.71. The van der Waals surface area contributed by atoms with Gasteiger partial charge in [-0.1, -0.05) is 0 Å². The Kier molecular flexibility index (Phi) is 7.37. The number of likely N-dealkylation sites (tertiary alicyclic amines) is 1. The summed E-state index contributed by atoms with van der Waals surface area (Å²) in [7, 11) is 3.03. The van der Waals surface area contributed by atoms with Gasteiger partial charge in [-0.3, -0.25) is 0 Å². The third-order valence-electron chi connectivity index (χ3n) is 4.94. The molecular weight excluding hydrogens is 530 g/mol. The molecule has 1 aliphatic rings. The van der Waals surface area contributed by atoms with Gasteiger partial charge in [-0.2, -0.15) is 0 Å². The van der Waals surface area contributed by atoms with Gasteiger partial charge in [0.2, 0.25) is 0 Å². The average molecular weight is 551 g/mol. The van der Waals surface area contributed by atoms with Gasteiger partial charge in [-0.15, -0.1) is 0 Å². The van der Waals surface area contributed by atoms with Gasteiger partial charge in [0.05, 0.1) is 0 Å². The van der Waals surface area contributed by atoms with Crippen LogP contribution in [0.1, 0.15) is 12.0 Å². The summed E-state index contributed by atoms with van der Waals surface area (Å²) in [6.07, 6.45) is -4.49. The molecule has 3 rings (SSSR count). The van der Waals surface area contributed by atoms with E-state index in [2.05, 4.69) is 15.9 Å². The molecule has 0 aromatic heterocycles. The molecule has 2 atom stereocenters. The summed E-state index contributed by atoms with van der Waals surface area (Å²) in [5.41, 5.74) is 0.733. The van der Waals surface area contributed by atoms with Crippen LogP contribution in [0.4, 0.5) is 13.2 Å². The van der Waals surface area contributed by atoms with Crippen LogP contribution in [0.3, 0.4) is 0 Å². The first-order chi connectivity index (χ1) is 14.2. The Balaban J connectivity index is 1.86. The molecule has 0 radical (unpaired) electrons. The quantitative estimate of drug-likeness (QED) is 0.506. The van der Waals surface area contributed by atoms with Gasteiger partial charge in [-0.25, -0.2) is 0 Å². The van der Waals surface area contributed by atoms with Crippen molar-refractivity contribution in [2.75, 3.05) is 20.8 Å². The molecule has 0 N–H and O–H groups in total. The molecule has 0 spiro atoms. The fraction of sp³-hybridized carbons (Fsp3) is 0.381. The van der Waals surface area contributed by atoms with Crippen LogP contribution in [0.5, 0.6) is 11.5 Å². The van der Waals surface area contributed by atoms with Gasteiger partial charge in [0, 0.05) is 0 Å². The van der Waals surface area contributed by atoms with Gasteiger partial charge in [0.1, 0.15) is 0 Å². The fourth-order valence-corrected chi connectivity index (χ4v) is 6.72. The molecule has 0 bridgehead atoms. The first kappa shape index (κ1) is 23.0. The molecule has 1 aliphatic heterocycles. The first-order valence-electron chi connectivity index (χ1n) is 9.22. The molecule has 1 fully saturated rings. The summed E-state index contributed by atoms with van der Waals surface area (Å²) < 4.78 is 53.1. The number of hydrogen-bond acceptors (Lipinski definition) is 3. The third-order valence-corrected chi connectivity index (χ3v) is 8.50. The minimum absolute atomic E-state index is 0.0606. The predicted octanol–water partition coefficient (Wildman–Crippen LogP) is 4.20. The van der Waals surface area contributed by atoms with Crippen molar-refractivity contribution in [3.8, 4) is 11.5 Å². The minimum atomic E-state index is -4.40. The van der Waals surface area contributed by atoms with Gasteiger partial charge >= 0.3 is 188 Å². The molecule has 4 nitrogen and oxygen atoms in total. The molecule has 2 aromatic carbocycles. The SMILES string of the molecule is COc1cc(CN2CCC(C(F)(F)F)C([Se]c3ccccc3)C2=O)cc(OC)c1Br. The van der Waals surface area contributed by atoms with Gasteiger partial charge < -0.3 is 0 Å². The second kappa shape index (κ2) is 9.62. The molecule has 0 saturated carbocycles. The van der Waals surface area contributed by atoms with Crippen molar-refractivity contribution in [1.29, 1.82) is 0 Å². The third kappa shape index (κ3) is 5.13. The van der Waals surface area contributed by atoms with Crippen LogP contribution in [0.25, 0.3) is 0 Å². The Labute approximate surface area is 188 Å². The van der Waals surface area contributed by atoms with E-state index in [1.54, 1.807) is 36.4 Å². The van der Waals surface area contributed by atoms with Crippen molar-refractivity contribution < 1.29 is 27.4 Å². The van der Waals surface area contributed by atoms with E-state index in [0.717, 1.165) is 10.0 Å². The van der Waals surface area contributed by atoms with E-state index >= 15 is 0 Å². The van der Waals surface area contributed by atoms with E-state index in [-0.39, 0.29) is 19.5 Å². The number of benzene rings is 2. The number of carbonyl (C=O) groups excluding carboxylic acids is 1. The number of amides is 1. The Morgan fingerprint density at radius 1 is 1.13 bits per heavy atom. The number of methoxy groups -OCH3 is 2. The molecule has 30 heavy (non-hydrogen) atoms. The van der Waals surface area contributed by atoms with Gasteiger partial charge in [-0.05, 0) is 0 Å². The van der Waals surface area contributed by atoms with Gasteiger partial charge in [0.15, 0.2) is 0 Å². The first-order valence-corrected chi connectivity index (χ1v) is 11.9. The van der Waals surface area contributed by atoms with Crippen molar-refractivity contribution in [1.82, 2.24) is 4.90 Å². The standard InChI is InChI=1S/C21H21BrF3NO3Se/c1-28-16-10-13(11-17(29-2)18(16)22)12-26-9-8-15(21(23,24)25)19(20(26)27)30-14-6-4-3-5-7-14/h3-7,10-11,15,19H,8-9,12H2,1-2H3. The second-order valence-corrected chi connectivity index (χ2v) is 10.2. The normalized spacial score (nSPS) is 19.7. The molecule has 1 amide bonds. The molecule has 2 unspecified atom stereocenters. The van der Waals surface area contributed by atoms with Crippen LogP contribution in [-0.2, 0) is 11.3 Å². The monoisotopic (exact) mass is 551 g/mol. The Morgan fingerprint density at radius 2 is 1.73 bits per heavy atom. The fourth-order valence-electron chi connectivity index (χ4n) is 3.41. The topological polar surface area (TPSA) is 38.8 Å². The van der Waals surface area contributed by atoms with Crippen LogP contribution in [-0.4, -0.2) is 52.7 Å². The number of alkyl halides is 3. The summed E-state index contributed by atoms with van der Waals surface area (Å²) >= 11 is 2.78. The van der Waals surface area contributed by atoms with E-state index in [0.29, 0.717) is 16.0 Å². The van der Waals surface area contributed by atoms with Crippen molar-refractivity contribution in [2.45, 2.75) is 24.0 Å². The van der Waals surface area contributed by atoms with Crippen LogP contribution in [0.15, 0.2) is 46.9 Å². The summed E-state index contributed by atoms with van der Waals surface area (Å²) in [6.45, 7) is 0.260. The molecule has 9 heteroatoms. The maximum atomic E-state index is 13.7. The van der Waals surface area contributed by atoms with Crippen LogP contribution in [0, 0.1) is 5.92 Å². The zero-order valence-corrected chi connectivity index (χ0v) is 19.7. The molecule has 1 saturated heterocycles. The summed E-state index contributed by atoms with van der Waals surface area (Å²) in [6, 6.07) is 12.5. The number of ether oxygens (including phenoxy) is 2. The number of hydrogen-bond donors (Lipinski definition) is 0. The summed E-state index contributed by atoms with van der Waals surface area (Å²) in [5.74, 6) is -0.997. The molecule has 162 valence electrons. The number of nitrogens with zero attached hydrogens (tertiary/aromatic N) is 1. The number of carbonyl (C=O) groups is 1. The zero-order chi connectivity index (χ0) is 21.9. The van der Waals surface area contributed by atoms with Crippen LogP contribution < -0.4 is 13.9 Å². The van der Waals surface area contributed by atoms with Crippen molar-refractivity contribution in [3.63, 3.8) is 0 Å². The number of rotatable bonds is 6. The maximum absolute atomic E-state index is 13.7. The Hall–Kier alpha value is -1.70. The summed E-state index contributed by atoms with van der Waals surface area (Å²) in [4.78, 5) is 13.6. The van der Waals surface area contributed by atoms with E-state index in [1.807, 2.05) is 6.07 Å². The molecule has 1 heterocycles. The molecule has 2 aromatic rings. The van der Waals surface area contributed by atoms with Crippen molar-refractivity contribution in [2.24, 2.45) is 5.92 Å². The van der Waals surface area contributed by atoms with E-state index in [1.165, 1.54) is 19.1 Å².